The Morgan fingerprint density at radius 1 is 1.19 bits per heavy atom. The Bertz CT molecular complexity index is 438. The highest BCUT2D eigenvalue weighted by atomic mass is 16.6. The van der Waals surface area contributed by atoms with E-state index in [9.17, 15) is 9.59 Å². The number of benzene rings is 1. The van der Waals surface area contributed by atoms with Gasteiger partial charge in [-0.15, -0.1) is 0 Å². The minimum Gasteiger partial charge on any atom is -0.486 e. The van der Waals surface area contributed by atoms with Crippen LogP contribution in [0.1, 0.15) is 16.8 Å². The monoisotopic (exact) mass is 222 g/mol. The Kier molecular flexibility index (Phi) is 2.76. The zero-order valence-corrected chi connectivity index (χ0v) is 8.43. The number of carboxylic acid groups (broad SMARTS) is 1. The van der Waals surface area contributed by atoms with E-state index >= 15 is 0 Å². The summed E-state index contributed by atoms with van der Waals surface area (Å²) in [7, 11) is 0. The van der Waals surface area contributed by atoms with Crippen LogP contribution in [-0.4, -0.2) is 30.1 Å². The van der Waals surface area contributed by atoms with Crippen molar-refractivity contribution in [1.82, 2.24) is 0 Å². The van der Waals surface area contributed by atoms with Crippen LogP contribution in [0.3, 0.4) is 0 Å². The molecule has 5 heteroatoms. The molecule has 1 aliphatic heterocycles. The van der Waals surface area contributed by atoms with Gasteiger partial charge in [0, 0.05) is 5.56 Å². The standard InChI is InChI=1S/C11H10O5/c12-8(6-11(13)14)7-1-2-9-10(5-7)16-4-3-15-9/h1-2,5H,3-4,6H2,(H,13,14). The van der Waals surface area contributed by atoms with E-state index in [1.54, 1.807) is 12.1 Å². The van der Waals surface area contributed by atoms with Crippen molar-refractivity contribution >= 4 is 11.8 Å². The van der Waals surface area contributed by atoms with Gasteiger partial charge in [0.1, 0.15) is 19.6 Å². The Hall–Kier alpha value is -2.04. The van der Waals surface area contributed by atoms with Crippen LogP contribution in [-0.2, 0) is 4.79 Å². The maximum absolute atomic E-state index is 11.5. The zero-order chi connectivity index (χ0) is 11.5. The summed E-state index contributed by atoms with van der Waals surface area (Å²) in [4.78, 5) is 21.9. The highest BCUT2D eigenvalue weighted by Crippen LogP contribution is 2.30. The van der Waals surface area contributed by atoms with Gasteiger partial charge in [-0.25, -0.2) is 0 Å². The van der Waals surface area contributed by atoms with Crippen LogP contribution >= 0.6 is 0 Å². The smallest absolute Gasteiger partial charge is 0.311 e. The molecule has 1 aliphatic rings. The fourth-order valence-electron chi connectivity index (χ4n) is 1.46. The van der Waals surface area contributed by atoms with Crippen LogP contribution < -0.4 is 9.47 Å². The topological polar surface area (TPSA) is 72.8 Å². The van der Waals surface area contributed by atoms with Gasteiger partial charge in [0.2, 0.25) is 0 Å². The van der Waals surface area contributed by atoms with Crippen LogP contribution in [0.4, 0.5) is 0 Å². The van der Waals surface area contributed by atoms with Gasteiger partial charge < -0.3 is 14.6 Å². The van der Waals surface area contributed by atoms with E-state index in [1.807, 2.05) is 0 Å². The summed E-state index contributed by atoms with van der Waals surface area (Å²) in [6.07, 6.45) is -0.514. The largest absolute Gasteiger partial charge is 0.486 e. The van der Waals surface area contributed by atoms with Crippen LogP contribution in [0.5, 0.6) is 11.5 Å². The van der Waals surface area contributed by atoms with Crippen LogP contribution in [0.2, 0.25) is 0 Å². The quantitative estimate of drug-likeness (QED) is 0.612. The number of aliphatic carboxylic acids is 1. The average molecular weight is 222 g/mol. The average Bonchev–Trinajstić information content (AvgIpc) is 2.27. The Morgan fingerprint density at radius 3 is 2.56 bits per heavy atom. The molecule has 0 spiro atoms. The lowest BCUT2D eigenvalue weighted by Gasteiger charge is -2.18. The molecule has 0 saturated carbocycles. The third-order valence-corrected chi connectivity index (χ3v) is 2.18. The van der Waals surface area contributed by atoms with Crippen LogP contribution in [0.25, 0.3) is 0 Å². The van der Waals surface area contributed by atoms with E-state index in [0.29, 0.717) is 30.3 Å². The summed E-state index contributed by atoms with van der Waals surface area (Å²) in [6.45, 7) is 0.916. The Balaban J connectivity index is 2.23. The molecule has 0 aromatic heterocycles. The third-order valence-electron chi connectivity index (χ3n) is 2.18. The van der Waals surface area contributed by atoms with Crippen molar-refractivity contribution in [3.05, 3.63) is 23.8 Å². The van der Waals surface area contributed by atoms with Gasteiger partial charge in [0.05, 0.1) is 0 Å². The summed E-state index contributed by atoms with van der Waals surface area (Å²) in [5, 5.41) is 8.51. The number of fused-ring (bicyclic) bond motifs is 1. The van der Waals surface area contributed by atoms with E-state index in [0.717, 1.165) is 0 Å². The zero-order valence-electron chi connectivity index (χ0n) is 8.43. The molecule has 1 N–H and O–H groups in total. The molecule has 0 aliphatic carbocycles. The van der Waals surface area contributed by atoms with Gasteiger partial charge in [0.15, 0.2) is 17.3 Å². The van der Waals surface area contributed by atoms with E-state index in [-0.39, 0.29) is 0 Å². The molecule has 0 atom stereocenters. The summed E-state index contributed by atoms with van der Waals surface area (Å²) in [5.41, 5.74) is 0.326. The lowest BCUT2D eigenvalue weighted by molar-refractivity contribution is -0.135. The van der Waals surface area contributed by atoms with Crippen molar-refractivity contribution in [2.45, 2.75) is 6.42 Å². The minimum atomic E-state index is -1.14. The predicted molar refractivity (Wildman–Crippen MR) is 54.0 cm³/mol. The first kappa shape index (κ1) is 10.5. The van der Waals surface area contributed by atoms with Gasteiger partial charge in [-0.1, -0.05) is 0 Å². The third kappa shape index (κ3) is 2.13. The number of carbonyl (C=O) groups is 2. The van der Waals surface area contributed by atoms with Crippen molar-refractivity contribution in [2.75, 3.05) is 13.2 Å². The number of hydrogen-bond donors (Lipinski definition) is 1. The molecule has 1 heterocycles. The Labute approximate surface area is 91.6 Å². The highest BCUT2D eigenvalue weighted by Gasteiger charge is 2.16. The maximum atomic E-state index is 11.5. The molecule has 84 valence electrons. The number of rotatable bonds is 3. The number of carbonyl (C=O) groups excluding carboxylic acids is 1. The van der Waals surface area contributed by atoms with Crippen molar-refractivity contribution in [3.8, 4) is 11.5 Å². The summed E-state index contributed by atoms with van der Waals surface area (Å²) in [6, 6.07) is 4.67. The molecule has 5 nitrogen and oxygen atoms in total. The van der Waals surface area contributed by atoms with E-state index in [2.05, 4.69) is 0 Å². The van der Waals surface area contributed by atoms with E-state index in [4.69, 9.17) is 14.6 Å². The van der Waals surface area contributed by atoms with Gasteiger partial charge >= 0.3 is 5.97 Å². The summed E-state index contributed by atoms with van der Waals surface area (Å²) < 4.78 is 10.6. The number of carboxylic acids is 1. The molecule has 16 heavy (non-hydrogen) atoms. The van der Waals surface area contributed by atoms with Crippen molar-refractivity contribution < 1.29 is 24.2 Å². The predicted octanol–water partition coefficient (Wildman–Crippen LogP) is 1.12. The molecule has 2 rings (SSSR count). The number of ether oxygens (including phenoxy) is 2. The Morgan fingerprint density at radius 2 is 1.88 bits per heavy atom. The summed E-state index contributed by atoms with van der Waals surface area (Å²) in [5.74, 6) is -0.509. The molecule has 1 aromatic carbocycles. The molecule has 0 saturated heterocycles. The van der Waals surface area contributed by atoms with Gasteiger partial charge in [-0.05, 0) is 18.2 Å². The van der Waals surface area contributed by atoms with Gasteiger partial charge in [-0.2, -0.15) is 0 Å². The van der Waals surface area contributed by atoms with Crippen molar-refractivity contribution in [1.29, 1.82) is 0 Å². The fraction of sp³-hybridized carbons (Fsp3) is 0.273. The normalized spacial score (nSPS) is 13.2. The second-order valence-corrected chi connectivity index (χ2v) is 3.35. The molecular weight excluding hydrogens is 212 g/mol. The number of Topliss-reactive ketones (excluding diaryl/α,β-unsaturated/α-hetero) is 1. The summed E-state index contributed by atoms with van der Waals surface area (Å²) >= 11 is 0. The first-order valence-electron chi connectivity index (χ1n) is 4.81. The maximum Gasteiger partial charge on any atom is 0.311 e. The lowest BCUT2D eigenvalue weighted by atomic mass is 10.1. The van der Waals surface area contributed by atoms with Crippen LogP contribution in [0, 0.1) is 0 Å². The van der Waals surface area contributed by atoms with Crippen LogP contribution in [0.15, 0.2) is 18.2 Å². The second-order valence-electron chi connectivity index (χ2n) is 3.35. The van der Waals surface area contributed by atoms with Crippen molar-refractivity contribution in [3.63, 3.8) is 0 Å². The first-order chi connectivity index (χ1) is 7.66. The second kappa shape index (κ2) is 4.22. The molecule has 0 unspecified atom stereocenters. The van der Waals surface area contributed by atoms with E-state index in [1.165, 1.54) is 6.07 Å². The van der Waals surface area contributed by atoms with Gasteiger partial charge in [-0.3, -0.25) is 9.59 Å². The molecule has 1 aromatic rings. The number of hydrogen-bond acceptors (Lipinski definition) is 4. The number of ketones is 1. The fourth-order valence-corrected chi connectivity index (χ4v) is 1.46. The van der Waals surface area contributed by atoms with E-state index < -0.39 is 18.2 Å². The first-order valence-corrected chi connectivity index (χ1v) is 4.81. The minimum absolute atomic E-state index is 0.326. The lowest BCUT2D eigenvalue weighted by Crippen LogP contribution is -2.16. The molecule has 0 radical (unpaired) electrons. The SMILES string of the molecule is O=C(O)CC(=O)c1ccc2c(c1)OCCO2. The molecular formula is C11H10O5. The molecule has 0 amide bonds. The highest BCUT2D eigenvalue weighted by molar-refractivity contribution is 6.05. The van der Waals surface area contributed by atoms with Gasteiger partial charge in [0.25, 0.3) is 0 Å². The molecule has 0 bridgehead atoms. The van der Waals surface area contributed by atoms with Crippen molar-refractivity contribution in [2.24, 2.45) is 0 Å². The molecule has 0 fully saturated rings.